The van der Waals surface area contributed by atoms with Gasteiger partial charge in [0.15, 0.2) is 0 Å². The molecule has 3 aromatic rings. The second-order valence-corrected chi connectivity index (χ2v) is 8.40. The second-order valence-electron chi connectivity index (χ2n) is 8.40. The van der Waals surface area contributed by atoms with Gasteiger partial charge in [-0.25, -0.2) is 9.48 Å². The van der Waals surface area contributed by atoms with Gasteiger partial charge >= 0.3 is 6.03 Å². The first kappa shape index (κ1) is 24.2. The van der Waals surface area contributed by atoms with E-state index in [2.05, 4.69) is 19.2 Å². The summed E-state index contributed by atoms with van der Waals surface area (Å²) in [7, 11) is 1.63. The zero-order chi connectivity index (χ0) is 23.8. The SMILES string of the molecule is CCCNC(=O)N(Cc1c(C)nn(-c2ccccc2)c1Oc1ccc(OC)cc1)CC(C)C. The van der Waals surface area contributed by atoms with E-state index in [1.54, 1.807) is 11.8 Å². The summed E-state index contributed by atoms with van der Waals surface area (Å²) in [5.41, 5.74) is 2.59. The third-order valence-electron chi connectivity index (χ3n) is 5.16. The van der Waals surface area contributed by atoms with E-state index in [0.29, 0.717) is 37.2 Å². The largest absolute Gasteiger partial charge is 0.497 e. The summed E-state index contributed by atoms with van der Waals surface area (Å²) in [6.07, 6.45) is 0.887. The molecule has 0 aliphatic rings. The summed E-state index contributed by atoms with van der Waals surface area (Å²) >= 11 is 0. The Morgan fingerprint density at radius 1 is 1.09 bits per heavy atom. The molecule has 7 nitrogen and oxygen atoms in total. The lowest BCUT2D eigenvalue weighted by Crippen LogP contribution is -2.41. The maximum atomic E-state index is 12.9. The van der Waals surface area contributed by atoms with Crippen molar-refractivity contribution >= 4 is 6.03 Å². The Kier molecular flexibility index (Phi) is 8.35. The predicted molar refractivity (Wildman–Crippen MR) is 130 cm³/mol. The number of amides is 2. The molecule has 1 N–H and O–H groups in total. The highest BCUT2D eigenvalue weighted by atomic mass is 16.5. The van der Waals surface area contributed by atoms with Gasteiger partial charge in [0.2, 0.25) is 5.88 Å². The third kappa shape index (κ3) is 6.28. The van der Waals surface area contributed by atoms with E-state index in [-0.39, 0.29) is 6.03 Å². The molecule has 176 valence electrons. The number of ether oxygens (including phenoxy) is 2. The van der Waals surface area contributed by atoms with Crippen molar-refractivity contribution in [1.29, 1.82) is 0 Å². The van der Waals surface area contributed by atoms with E-state index in [4.69, 9.17) is 14.6 Å². The van der Waals surface area contributed by atoms with Gasteiger partial charge in [-0.2, -0.15) is 5.10 Å². The number of aromatic nitrogens is 2. The number of para-hydroxylation sites is 1. The Bertz CT molecular complexity index is 1030. The maximum absolute atomic E-state index is 12.9. The number of nitrogens with one attached hydrogen (secondary N) is 1. The number of rotatable bonds is 10. The van der Waals surface area contributed by atoms with E-state index in [9.17, 15) is 4.79 Å². The standard InChI is InChI=1S/C26H34N4O3/c1-6-16-27-26(31)29(17-19(2)3)18-24-20(4)28-30(21-10-8-7-9-11-21)25(24)33-23-14-12-22(32-5)13-15-23/h7-15,19H,6,16-18H2,1-5H3,(H,27,31). The fraction of sp³-hybridized carbons (Fsp3) is 0.385. The van der Waals surface area contributed by atoms with Crippen LogP contribution in [0.2, 0.25) is 0 Å². The summed E-state index contributed by atoms with van der Waals surface area (Å²) in [6.45, 7) is 9.88. The number of benzene rings is 2. The molecule has 0 saturated carbocycles. The van der Waals surface area contributed by atoms with Crippen LogP contribution in [0, 0.1) is 12.8 Å². The van der Waals surface area contributed by atoms with Crippen molar-refractivity contribution in [3.63, 3.8) is 0 Å². The van der Waals surface area contributed by atoms with E-state index >= 15 is 0 Å². The number of urea groups is 1. The molecule has 0 saturated heterocycles. The lowest BCUT2D eigenvalue weighted by atomic mass is 10.1. The molecule has 0 spiro atoms. The first-order chi connectivity index (χ1) is 15.9. The zero-order valence-electron chi connectivity index (χ0n) is 20.2. The Balaban J connectivity index is 2.01. The van der Waals surface area contributed by atoms with E-state index in [1.165, 1.54) is 0 Å². The molecule has 0 aliphatic carbocycles. The molecule has 0 radical (unpaired) electrons. The molecule has 0 atom stereocenters. The molecule has 7 heteroatoms. The normalized spacial score (nSPS) is 10.8. The number of hydrogen-bond donors (Lipinski definition) is 1. The minimum atomic E-state index is -0.0761. The van der Waals surface area contributed by atoms with Crippen molar-refractivity contribution in [2.24, 2.45) is 5.92 Å². The van der Waals surface area contributed by atoms with E-state index in [1.807, 2.05) is 73.3 Å². The number of carbonyl (C=O) groups excluding carboxylic acids is 1. The summed E-state index contributed by atoms with van der Waals surface area (Å²) in [5, 5.41) is 7.78. The van der Waals surface area contributed by atoms with Gasteiger partial charge < -0.3 is 19.7 Å². The molecule has 33 heavy (non-hydrogen) atoms. The fourth-order valence-corrected chi connectivity index (χ4v) is 3.52. The van der Waals surface area contributed by atoms with Gasteiger partial charge in [-0.15, -0.1) is 0 Å². The van der Waals surface area contributed by atoms with Crippen molar-refractivity contribution in [2.45, 2.75) is 40.7 Å². The Morgan fingerprint density at radius 2 is 1.76 bits per heavy atom. The lowest BCUT2D eigenvalue weighted by molar-refractivity contribution is 0.187. The summed E-state index contributed by atoms with van der Waals surface area (Å²) < 4.78 is 13.4. The Hall–Kier alpha value is -3.48. The van der Waals surface area contributed by atoms with Crippen LogP contribution in [0.4, 0.5) is 4.79 Å². The Morgan fingerprint density at radius 3 is 2.36 bits per heavy atom. The van der Waals surface area contributed by atoms with Crippen molar-refractivity contribution in [2.75, 3.05) is 20.2 Å². The van der Waals surface area contributed by atoms with Crippen LogP contribution in [0.5, 0.6) is 17.4 Å². The average Bonchev–Trinajstić information content (AvgIpc) is 3.12. The van der Waals surface area contributed by atoms with Crippen molar-refractivity contribution in [3.05, 3.63) is 65.9 Å². The van der Waals surface area contributed by atoms with Crippen molar-refractivity contribution in [1.82, 2.24) is 20.0 Å². The van der Waals surface area contributed by atoms with Gasteiger partial charge in [0, 0.05) is 13.1 Å². The van der Waals surface area contributed by atoms with Crippen molar-refractivity contribution in [3.8, 4) is 23.1 Å². The van der Waals surface area contributed by atoms with Crippen LogP contribution in [0.25, 0.3) is 5.69 Å². The molecule has 1 aromatic heterocycles. The molecular formula is C26H34N4O3. The van der Waals surface area contributed by atoms with Crippen LogP contribution in [-0.4, -0.2) is 40.9 Å². The molecule has 2 aromatic carbocycles. The molecule has 0 unspecified atom stereocenters. The number of carbonyl (C=O) groups is 1. The molecule has 0 bridgehead atoms. The highest BCUT2D eigenvalue weighted by Gasteiger charge is 2.24. The highest BCUT2D eigenvalue weighted by Crippen LogP contribution is 2.32. The second kappa shape index (κ2) is 11.4. The van der Waals surface area contributed by atoms with Crippen LogP contribution in [0.3, 0.4) is 0 Å². The van der Waals surface area contributed by atoms with Crippen LogP contribution < -0.4 is 14.8 Å². The number of hydrogen-bond acceptors (Lipinski definition) is 4. The number of aryl methyl sites for hydroxylation is 1. The van der Waals surface area contributed by atoms with Crippen LogP contribution in [0.1, 0.15) is 38.4 Å². The topological polar surface area (TPSA) is 68.6 Å². The van der Waals surface area contributed by atoms with Gasteiger partial charge in [0.25, 0.3) is 0 Å². The fourth-order valence-electron chi connectivity index (χ4n) is 3.52. The molecular weight excluding hydrogens is 416 g/mol. The lowest BCUT2D eigenvalue weighted by Gasteiger charge is -2.25. The smallest absolute Gasteiger partial charge is 0.317 e. The maximum Gasteiger partial charge on any atom is 0.317 e. The van der Waals surface area contributed by atoms with Gasteiger partial charge in [-0.1, -0.05) is 39.0 Å². The Labute approximate surface area is 196 Å². The predicted octanol–water partition coefficient (Wildman–Crippen LogP) is 5.56. The highest BCUT2D eigenvalue weighted by molar-refractivity contribution is 5.74. The minimum Gasteiger partial charge on any atom is -0.497 e. The zero-order valence-corrected chi connectivity index (χ0v) is 20.2. The average molecular weight is 451 g/mol. The quantitative estimate of drug-likeness (QED) is 0.439. The van der Waals surface area contributed by atoms with Crippen LogP contribution in [0.15, 0.2) is 54.6 Å². The molecule has 1 heterocycles. The first-order valence-electron chi connectivity index (χ1n) is 11.4. The molecule has 0 aliphatic heterocycles. The monoisotopic (exact) mass is 450 g/mol. The summed E-state index contributed by atoms with van der Waals surface area (Å²) in [4.78, 5) is 14.7. The molecule has 3 rings (SSSR count). The minimum absolute atomic E-state index is 0.0761. The number of nitrogens with zero attached hydrogens (tertiary/aromatic N) is 3. The molecule has 2 amide bonds. The molecule has 0 fully saturated rings. The van der Waals surface area contributed by atoms with E-state index in [0.717, 1.165) is 29.1 Å². The third-order valence-corrected chi connectivity index (χ3v) is 5.16. The van der Waals surface area contributed by atoms with E-state index < -0.39 is 0 Å². The van der Waals surface area contributed by atoms with Gasteiger partial charge in [-0.05, 0) is 55.7 Å². The van der Waals surface area contributed by atoms with Crippen LogP contribution in [-0.2, 0) is 6.54 Å². The van der Waals surface area contributed by atoms with Gasteiger partial charge in [0.1, 0.15) is 11.5 Å². The van der Waals surface area contributed by atoms with Gasteiger partial charge in [-0.3, -0.25) is 0 Å². The van der Waals surface area contributed by atoms with Gasteiger partial charge in [0.05, 0.1) is 30.6 Å². The summed E-state index contributed by atoms with van der Waals surface area (Å²) in [6, 6.07) is 17.2. The van der Waals surface area contributed by atoms with Crippen molar-refractivity contribution < 1.29 is 14.3 Å². The first-order valence-corrected chi connectivity index (χ1v) is 11.4. The van der Waals surface area contributed by atoms with Crippen LogP contribution >= 0.6 is 0 Å². The number of methoxy groups -OCH3 is 1. The summed E-state index contributed by atoms with van der Waals surface area (Å²) in [5.74, 6) is 2.35.